The van der Waals surface area contributed by atoms with Gasteiger partial charge in [-0.05, 0) is 47.6 Å². The van der Waals surface area contributed by atoms with Crippen LogP contribution in [0.3, 0.4) is 0 Å². The Morgan fingerprint density at radius 1 is 1.16 bits per heavy atom. The fourth-order valence-corrected chi connectivity index (χ4v) is 6.55. The Hall–Kier alpha value is -1.77. The van der Waals surface area contributed by atoms with E-state index in [2.05, 4.69) is 5.32 Å². The van der Waals surface area contributed by atoms with Crippen LogP contribution in [-0.4, -0.2) is 64.7 Å². The highest BCUT2D eigenvalue weighted by molar-refractivity contribution is 8.16. The summed E-state index contributed by atoms with van der Waals surface area (Å²) >= 11 is 6.46. The van der Waals surface area contributed by atoms with Gasteiger partial charge in [0.25, 0.3) is 0 Å². The molecular weight excluding hydrogens is 450 g/mol. The molecule has 6 nitrogen and oxygen atoms in total. The SMILES string of the molecule is CCC(=O)NCCOc1ccc(Cc2cc([C@H]3[C@H](O)[C@H](O)[C@H](O)C[SH]3C)ccc2Cl)cc1. The number of hydrogen-bond donors (Lipinski definition) is 5. The van der Waals surface area contributed by atoms with Crippen LogP contribution in [0, 0.1) is 0 Å². The van der Waals surface area contributed by atoms with Crippen molar-refractivity contribution in [1.82, 2.24) is 5.32 Å². The van der Waals surface area contributed by atoms with E-state index in [-0.39, 0.29) is 11.2 Å². The van der Waals surface area contributed by atoms with Gasteiger partial charge in [-0.3, -0.25) is 4.79 Å². The van der Waals surface area contributed by atoms with Gasteiger partial charge in [0.15, 0.2) is 0 Å². The molecule has 0 aliphatic carbocycles. The van der Waals surface area contributed by atoms with Crippen molar-refractivity contribution in [1.29, 1.82) is 0 Å². The minimum absolute atomic E-state index is 0.00475. The standard InChI is InChI=1S/C24H32ClNO5S/c1-3-21(28)26-10-11-31-18-7-4-15(5-8-18)12-17-13-16(6-9-19(17)25)24-23(30)22(29)20(27)14-32(24)2/h4-9,13,20,22-24,27,29-30,32H,3,10-12,14H2,1-2H3,(H,26,28)/t20-,22-,23-,24+/m1/s1. The van der Waals surface area contributed by atoms with Crippen molar-refractivity contribution in [3.8, 4) is 5.75 Å². The second-order valence-corrected chi connectivity index (χ2v) is 11.0. The molecule has 1 aliphatic rings. The van der Waals surface area contributed by atoms with E-state index in [4.69, 9.17) is 16.3 Å². The molecule has 0 aromatic heterocycles. The normalized spacial score (nSPS) is 26.5. The van der Waals surface area contributed by atoms with Gasteiger partial charge in [-0.1, -0.05) is 42.8 Å². The molecule has 8 heteroatoms. The smallest absolute Gasteiger partial charge is 0.219 e. The van der Waals surface area contributed by atoms with Gasteiger partial charge in [0.05, 0.1) is 18.8 Å². The molecule has 4 N–H and O–H groups in total. The van der Waals surface area contributed by atoms with Gasteiger partial charge in [-0.2, -0.15) is 0 Å². The Morgan fingerprint density at radius 3 is 2.56 bits per heavy atom. The van der Waals surface area contributed by atoms with Crippen molar-refractivity contribution in [2.45, 2.75) is 43.3 Å². The monoisotopic (exact) mass is 481 g/mol. The highest BCUT2D eigenvalue weighted by Crippen LogP contribution is 2.48. The lowest BCUT2D eigenvalue weighted by atomic mass is 9.96. The Morgan fingerprint density at radius 2 is 1.88 bits per heavy atom. The van der Waals surface area contributed by atoms with E-state index in [0.29, 0.717) is 36.8 Å². The number of amides is 1. The molecule has 0 saturated carbocycles. The number of ether oxygens (including phenoxy) is 1. The van der Waals surface area contributed by atoms with Gasteiger partial charge in [0.1, 0.15) is 18.5 Å². The average Bonchev–Trinajstić information content (AvgIpc) is 2.78. The lowest BCUT2D eigenvalue weighted by Crippen LogP contribution is -2.47. The summed E-state index contributed by atoms with van der Waals surface area (Å²) in [5.41, 5.74) is 2.94. The predicted octanol–water partition coefficient (Wildman–Crippen LogP) is 2.60. The highest BCUT2D eigenvalue weighted by Gasteiger charge is 2.40. The van der Waals surface area contributed by atoms with Crippen LogP contribution in [0.2, 0.25) is 5.02 Å². The second-order valence-electron chi connectivity index (χ2n) is 8.16. The molecule has 1 unspecified atom stereocenters. The van der Waals surface area contributed by atoms with Crippen LogP contribution in [0.15, 0.2) is 42.5 Å². The lowest BCUT2D eigenvalue weighted by Gasteiger charge is -2.42. The second kappa shape index (κ2) is 11.4. The van der Waals surface area contributed by atoms with Gasteiger partial charge >= 0.3 is 0 Å². The third kappa shape index (κ3) is 6.17. The number of carbonyl (C=O) groups excluding carboxylic acids is 1. The molecule has 1 saturated heterocycles. The summed E-state index contributed by atoms with van der Waals surface area (Å²) in [6, 6.07) is 13.5. The zero-order chi connectivity index (χ0) is 23.3. The first kappa shape index (κ1) is 24.9. The van der Waals surface area contributed by atoms with Crippen molar-refractivity contribution >= 4 is 28.4 Å². The first-order valence-electron chi connectivity index (χ1n) is 10.8. The van der Waals surface area contributed by atoms with E-state index in [9.17, 15) is 20.1 Å². The molecule has 3 rings (SSSR count). The molecule has 0 spiro atoms. The minimum atomic E-state index is -1.14. The van der Waals surface area contributed by atoms with Crippen LogP contribution in [-0.2, 0) is 11.2 Å². The summed E-state index contributed by atoms with van der Waals surface area (Å²) in [5, 5.41) is 33.9. The molecular formula is C24H32ClNO5S. The number of thiol groups is 1. The fraction of sp³-hybridized carbons (Fsp3) is 0.458. The predicted molar refractivity (Wildman–Crippen MR) is 130 cm³/mol. The van der Waals surface area contributed by atoms with Gasteiger partial charge in [0.2, 0.25) is 5.91 Å². The van der Waals surface area contributed by atoms with Crippen LogP contribution in [0.5, 0.6) is 5.75 Å². The third-order valence-electron chi connectivity index (χ3n) is 5.76. The number of halogens is 1. The molecule has 1 fully saturated rings. The highest BCUT2D eigenvalue weighted by atomic mass is 35.5. The molecule has 1 aliphatic heterocycles. The summed E-state index contributed by atoms with van der Waals surface area (Å²) in [6.07, 6.45) is 0.102. The fourth-order valence-electron chi connectivity index (χ4n) is 3.97. The van der Waals surface area contributed by atoms with Gasteiger partial charge in [-0.25, -0.2) is 10.9 Å². The van der Waals surface area contributed by atoms with Crippen LogP contribution < -0.4 is 10.1 Å². The zero-order valence-corrected chi connectivity index (χ0v) is 20.0. The summed E-state index contributed by atoms with van der Waals surface area (Å²) in [6.45, 7) is 2.68. The molecule has 0 radical (unpaired) electrons. The van der Waals surface area contributed by atoms with Crippen molar-refractivity contribution in [2.24, 2.45) is 0 Å². The quantitative estimate of drug-likeness (QED) is 0.295. The van der Waals surface area contributed by atoms with Crippen LogP contribution in [0.4, 0.5) is 0 Å². The van der Waals surface area contributed by atoms with Crippen LogP contribution in [0.25, 0.3) is 0 Å². The van der Waals surface area contributed by atoms with E-state index < -0.39 is 29.2 Å². The zero-order valence-electron chi connectivity index (χ0n) is 18.4. The largest absolute Gasteiger partial charge is 0.492 e. The van der Waals surface area contributed by atoms with Gasteiger partial charge in [-0.15, -0.1) is 0 Å². The summed E-state index contributed by atoms with van der Waals surface area (Å²) < 4.78 is 5.66. The minimum Gasteiger partial charge on any atom is -0.492 e. The van der Waals surface area contributed by atoms with E-state index in [1.165, 1.54) is 0 Å². The van der Waals surface area contributed by atoms with Crippen molar-refractivity contribution < 1.29 is 24.9 Å². The molecule has 32 heavy (non-hydrogen) atoms. The van der Waals surface area contributed by atoms with Gasteiger partial charge < -0.3 is 25.4 Å². The number of hydrogen-bond acceptors (Lipinski definition) is 5. The average molecular weight is 482 g/mol. The lowest BCUT2D eigenvalue weighted by molar-refractivity contribution is -0.120. The first-order chi connectivity index (χ1) is 15.3. The van der Waals surface area contributed by atoms with Crippen LogP contribution >= 0.6 is 22.5 Å². The summed E-state index contributed by atoms with van der Waals surface area (Å²) in [5.74, 6) is 1.23. The number of nitrogens with one attached hydrogen (secondary N) is 1. The molecule has 1 amide bonds. The first-order valence-corrected chi connectivity index (χ1v) is 13.2. The Labute approximate surface area is 196 Å². The van der Waals surface area contributed by atoms with E-state index >= 15 is 0 Å². The third-order valence-corrected chi connectivity index (χ3v) is 8.63. The molecule has 1 heterocycles. The Kier molecular flexibility index (Phi) is 8.85. The number of aliphatic hydroxyl groups is 3. The van der Waals surface area contributed by atoms with Crippen molar-refractivity contribution in [2.75, 3.05) is 25.2 Å². The molecule has 0 bridgehead atoms. The van der Waals surface area contributed by atoms with Crippen molar-refractivity contribution in [3.63, 3.8) is 0 Å². The number of carbonyl (C=O) groups is 1. The molecule has 176 valence electrons. The summed E-state index contributed by atoms with van der Waals surface area (Å²) in [7, 11) is -0.681. The number of rotatable bonds is 8. The van der Waals surface area contributed by atoms with E-state index in [1.807, 2.05) is 55.6 Å². The van der Waals surface area contributed by atoms with Gasteiger partial charge in [0, 0.05) is 22.4 Å². The molecule has 5 atom stereocenters. The summed E-state index contributed by atoms with van der Waals surface area (Å²) in [4.78, 5) is 11.2. The number of aliphatic hydroxyl groups excluding tert-OH is 3. The molecule has 2 aromatic rings. The maximum Gasteiger partial charge on any atom is 0.219 e. The maximum atomic E-state index is 11.2. The Balaban J connectivity index is 1.66. The maximum absolute atomic E-state index is 11.2. The van der Waals surface area contributed by atoms with Crippen LogP contribution in [0.1, 0.15) is 35.3 Å². The van der Waals surface area contributed by atoms with Crippen molar-refractivity contribution in [3.05, 3.63) is 64.2 Å². The Bertz CT molecular complexity index is 910. The molecule has 2 aromatic carbocycles. The van der Waals surface area contributed by atoms with E-state index in [0.717, 1.165) is 22.4 Å². The van der Waals surface area contributed by atoms with E-state index in [1.54, 1.807) is 0 Å². The number of benzene rings is 2. The topological polar surface area (TPSA) is 99.0 Å².